The highest BCUT2D eigenvalue weighted by Crippen LogP contribution is 2.47. The maximum Gasteiger partial charge on any atom is 0.310 e. The molecule has 0 spiro atoms. The Kier molecular flexibility index (Phi) is 6.53. The fourth-order valence-electron chi connectivity index (χ4n) is 3.81. The molecule has 3 rings (SSSR count). The average Bonchev–Trinajstić information content (AvgIpc) is 3.46. The van der Waals surface area contributed by atoms with E-state index in [2.05, 4.69) is 47.5 Å². The third kappa shape index (κ3) is 4.77. The molecule has 0 radical (unpaired) electrons. The smallest absolute Gasteiger partial charge is 0.310 e. The first kappa shape index (κ1) is 18.7. The SMILES string of the molecule is CCNC(=NCC1CC1c1ccccc1)N1CCCC(C(=O)OCC)C1. The van der Waals surface area contributed by atoms with Crippen molar-refractivity contribution in [3.63, 3.8) is 0 Å². The lowest BCUT2D eigenvalue weighted by atomic mass is 9.98. The number of guanidine groups is 1. The van der Waals surface area contributed by atoms with E-state index in [9.17, 15) is 4.79 Å². The summed E-state index contributed by atoms with van der Waals surface area (Å²) in [4.78, 5) is 19.2. The summed E-state index contributed by atoms with van der Waals surface area (Å²) in [5, 5.41) is 3.41. The van der Waals surface area contributed by atoms with Crippen LogP contribution in [0.5, 0.6) is 0 Å². The maximum atomic E-state index is 12.1. The van der Waals surface area contributed by atoms with E-state index in [1.54, 1.807) is 0 Å². The summed E-state index contributed by atoms with van der Waals surface area (Å²) in [7, 11) is 0. The molecular weight excluding hydrogens is 326 g/mol. The number of likely N-dealkylation sites (tertiary alicyclic amines) is 1. The molecule has 3 atom stereocenters. The molecule has 1 aromatic rings. The largest absolute Gasteiger partial charge is 0.466 e. The molecule has 26 heavy (non-hydrogen) atoms. The van der Waals surface area contributed by atoms with Gasteiger partial charge in [0.05, 0.1) is 12.5 Å². The molecule has 1 N–H and O–H groups in total. The van der Waals surface area contributed by atoms with Crippen molar-refractivity contribution in [3.8, 4) is 0 Å². The molecule has 3 unspecified atom stereocenters. The highest BCUT2D eigenvalue weighted by molar-refractivity contribution is 5.81. The van der Waals surface area contributed by atoms with Crippen LogP contribution in [0.4, 0.5) is 0 Å². The van der Waals surface area contributed by atoms with Gasteiger partial charge in [0.15, 0.2) is 5.96 Å². The summed E-state index contributed by atoms with van der Waals surface area (Å²) in [6, 6.07) is 10.7. The summed E-state index contributed by atoms with van der Waals surface area (Å²) < 4.78 is 5.21. The van der Waals surface area contributed by atoms with Gasteiger partial charge in [-0.3, -0.25) is 9.79 Å². The molecular formula is C21H31N3O2. The molecule has 1 heterocycles. The number of hydrogen-bond acceptors (Lipinski definition) is 3. The Morgan fingerprint density at radius 2 is 2.12 bits per heavy atom. The predicted octanol–water partition coefficient (Wildman–Crippen LogP) is 3.03. The number of nitrogens with zero attached hydrogens (tertiary/aromatic N) is 2. The van der Waals surface area contributed by atoms with Gasteiger partial charge in [0.2, 0.25) is 0 Å². The van der Waals surface area contributed by atoms with Gasteiger partial charge in [-0.05, 0) is 50.5 Å². The van der Waals surface area contributed by atoms with Crippen LogP contribution in [0.2, 0.25) is 0 Å². The second-order valence-electron chi connectivity index (χ2n) is 7.24. The van der Waals surface area contributed by atoms with Gasteiger partial charge in [-0.15, -0.1) is 0 Å². The molecule has 1 saturated carbocycles. The minimum absolute atomic E-state index is 0.0365. The molecule has 0 bridgehead atoms. The quantitative estimate of drug-likeness (QED) is 0.483. The number of benzene rings is 1. The second kappa shape index (κ2) is 9.06. The number of piperidine rings is 1. The minimum Gasteiger partial charge on any atom is -0.466 e. The monoisotopic (exact) mass is 357 g/mol. The zero-order chi connectivity index (χ0) is 18.4. The Bertz CT molecular complexity index is 617. The van der Waals surface area contributed by atoms with Crippen LogP contribution in [0.3, 0.4) is 0 Å². The fourth-order valence-corrected chi connectivity index (χ4v) is 3.81. The van der Waals surface area contributed by atoms with E-state index in [-0.39, 0.29) is 11.9 Å². The Balaban J connectivity index is 1.58. The zero-order valence-electron chi connectivity index (χ0n) is 16.0. The van der Waals surface area contributed by atoms with Crippen LogP contribution in [0.1, 0.15) is 44.6 Å². The molecule has 0 amide bonds. The summed E-state index contributed by atoms with van der Waals surface area (Å²) in [5.74, 6) is 2.12. The van der Waals surface area contributed by atoms with Gasteiger partial charge in [-0.1, -0.05) is 30.3 Å². The van der Waals surface area contributed by atoms with Gasteiger partial charge in [0.25, 0.3) is 0 Å². The van der Waals surface area contributed by atoms with Gasteiger partial charge in [-0.25, -0.2) is 0 Å². The molecule has 1 aliphatic heterocycles. The van der Waals surface area contributed by atoms with Crippen molar-refractivity contribution < 1.29 is 9.53 Å². The normalized spacial score (nSPS) is 25.7. The third-order valence-electron chi connectivity index (χ3n) is 5.30. The Morgan fingerprint density at radius 3 is 2.85 bits per heavy atom. The lowest BCUT2D eigenvalue weighted by molar-refractivity contribution is -0.149. The fraction of sp³-hybridized carbons (Fsp3) is 0.619. The van der Waals surface area contributed by atoms with Crippen LogP contribution in [-0.2, 0) is 9.53 Å². The molecule has 1 aromatic carbocycles. The summed E-state index contributed by atoms with van der Waals surface area (Å²) in [6.45, 7) is 7.75. The molecule has 142 valence electrons. The Labute approximate surface area is 156 Å². The first-order valence-electron chi connectivity index (χ1n) is 9.97. The highest BCUT2D eigenvalue weighted by atomic mass is 16.5. The van der Waals surface area contributed by atoms with Crippen molar-refractivity contribution in [2.45, 2.75) is 39.0 Å². The molecule has 1 saturated heterocycles. The van der Waals surface area contributed by atoms with Crippen LogP contribution in [0, 0.1) is 11.8 Å². The topological polar surface area (TPSA) is 53.9 Å². The summed E-state index contributed by atoms with van der Waals surface area (Å²) in [5.41, 5.74) is 1.43. The van der Waals surface area contributed by atoms with Crippen molar-refractivity contribution in [2.24, 2.45) is 16.8 Å². The zero-order valence-corrected chi connectivity index (χ0v) is 16.0. The van der Waals surface area contributed by atoms with E-state index in [0.717, 1.165) is 38.4 Å². The number of rotatable bonds is 6. The predicted molar refractivity (Wildman–Crippen MR) is 104 cm³/mol. The number of carbonyl (C=O) groups is 1. The van der Waals surface area contributed by atoms with Crippen molar-refractivity contribution in [1.29, 1.82) is 0 Å². The number of ether oxygens (including phenoxy) is 1. The summed E-state index contributed by atoms with van der Waals surface area (Å²) >= 11 is 0. The number of nitrogens with one attached hydrogen (secondary N) is 1. The molecule has 5 heteroatoms. The first-order chi connectivity index (χ1) is 12.7. The van der Waals surface area contributed by atoms with Crippen molar-refractivity contribution in [3.05, 3.63) is 35.9 Å². The number of esters is 1. The summed E-state index contributed by atoms with van der Waals surface area (Å²) in [6.07, 6.45) is 3.13. The van der Waals surface area contributed by atoms with Crippen LogP contribution < -0.4 is 5.32 Å². The van der Waals surface area contributed by atoms with E-state index in [4.69, 9.17) is 9.73 Å². The molecule has 0 aromatic heterocycles. The van der Waals surface area contributed by atoms with Gasteiger partial charge < -0.3 is 15.0 Å². The number of aliphatic imine (C=N–C) groups is 1. The lowest BCUT2D eigenvalue weighted by Gasteiger charge is -2.34. The lowest BCUT2D eigenvalue weighted by Crippen LogP contribution is -2.48. The van der Waals surface area contributed by atoms with Crippen LogP contribution >= 0.6 is 0 Å². The Hall–Kier alpha value is -2.04. The molecule has 2 fully saturated rings. The van der Waals surface area contributed by atoms with E-state index in [1.807, 2.05) is 6.92 Å². The van der Waals surface area contributed by atoms with Crippen LogP contribution in [0.25, 0.3) is 0 Å². The van der Waals surface area contributed by atoms with E-state index in [0.29, 0.717) is 25.0 Å². The third-order valence-corrected chi connectivity index (χ3v) is 5.30. The standard InChI is InChI=1S/C21H31N3O2/c1-3-22-21(24-12-8-11-17(15-24)20(25)26-4-2)23-14-18-13-19(18)16-9-6-5-7-10-16/h5-7,9-10,17-19H,3-4,8,11-15H2,1-2H3,(H,22,23). The second-order valence-corrected chi connectivity index (χ2v) is 7.24. The van der Waals surface area contributed by atoms with Gasteiger partial charge >= 0.3 is 5.97 Å². The Morgan fingerprint density at radius 1 is 1.31 bits per heavy atom. The number of carbonyl (C=O) groups excluding carboxylic acids is 1. The first-order valence-corrected chi connectivity index (χ1v) is 9.97. The molecule has 2 aliphatic rings. The van der Waals surface area contributed by atoms with Crippen molar-refractivity contribution in [1.82, 2.24) is 10.2 Å². The molecule has 1 aliphatic carbocycles. The van der Waals surface area contributed by atoms with E-state index >= 15 is 0 Å². The van der Waals surface area contributed by atoms with Gasteiger partial charge in [0.1, 0.15) is 0 Å². The average molecular weight is 357 g/mol. The van der Waals surface area contributed by atoms with Crippen molar-refractivity contribution >= 4 is 11.9 Å². The van der Waals surface area contributed by atoms with Crippen LogP contribution in [-0.4, -0.2) is 49.6 Å². The van der Waals surface area contributed by atoms with Gasteiger partial charge in [0, 0.05) is 26.2 Å². The van der Waals surface area contributed by atoms with Gasteiger partial charge in [-0.2, -0.15) is 0 Å². The van der Waals surface area contributed by atoms with E-state index < -0.39 is 0 Å². The molecule has 5 nitrogen and oxygen atoms in total. The minimum atomic E-state index is -0.0700. The highest BCUT2D eigenvalue weighted by Gasteiger charge is 2.38. The maximum absolute atomic E-state index is 12.1. The number of hydrogen-bond donors (Lipinski definition) is 1. The van der Waals surface area contributed by atoms with E-state index in [1.165, 1.54) is 12.0 Å². The van der Waals surface area contributed by atoms with Crippen molar-refractivity contribution in [2.75, 3.05) is 32.8 Å². The van der Waals surface area contributed by atoms with Crippen LogP contribution in [0.15, 0.2) is 35.3 Å².